The molecule has 6 nitrogen and oxygen atoms in total. The molecule has 0 aromatic rings. The molecule has 0 aromatic carbocycles. The van der Waals surface area contributed by atoms with Gasteiger partial charge in [-0.05, 0) is 31.1 Å². The first-order valence-electron chi connectivity index (χ1n) is 24.2. The van der Waals surface area contributed by atoms with E-state index in [1.807, 2.05) is 0 Å². The van der Waals surface area contributed by atoms with E-state index in [2.05, 4.69) is 34.6 Å². The second-order valence-corrected chi connectivity index (χ2v) is 17.7. The molecule has 0 aromatic heterocycles. The van der Waals surface area contributed by atoms with Crippen LogP contribution in [0.15, 0.2) is 0 Å². The van der Waals surface area contributed by atoms with Crippen molar-refractivity contribution in [1.29, 1.82) is 0 Å². The monoisotopic (exact) mass is 779 g/mol. The van der Waals surface area contributed by atoms with Gasteiger partial charge in [-0.15, -0.1) is 0 Å². The molecule has 326 valence electrons. The molecule has 0 N–H and O–H groups in total. The molecule has 0 aliphatic rings. The number of carbonyl (C=O) groups excluding carboxylic acids is 3. The molecule has 55 heavy (non-hydrogen) atoms. The van der Waals surface area contributed by atoms with Crippen LogP contribution in [0.5, 0.6) is 0 Å². The summed E-state index contributed by atoms with van der Waals surface area (Å²) in [5.74, 6) is 0.795. The van der Waals surface area contributed by atoms with Crippen molar-refractivity contribution < 1.29 is 28.6 Å². The summed E-state index contributed by atoms with van der Waals surface area (Å²) in [4.78, 5) is 37.8. The number of hydrogen-bond donors (Lipinski definition) is 0. The minimum Gasteiger partial charge on any atom is -0.462 e. The second kappa shape index (κ2) is 42.0. The van der Waals surface area contributed by atoms with Crippen molar-refractivity contribution in [3.8, 4) is 0 Å². The summed E-state index contributed by atoms with van der Waals surface area (Å²) in [5.41, 5.74) is 0. The van der Waals surface area contributed by atoms with Crippen LogP contribution in [-0.4, -0.2) is 37.2 Å². The van der Waals surface area contributed by atoms with Crippen LogP contribution < -0.4 is 0 Å². The first-order valence-corrected chi connectivity index (χ1v) is 24.2. The molecule has 0 radical (unpaired) electrons. The van der Waals surface area contributed by atoms with Gasteiger partial charge in [0.05, 0.1) is 0 Å². The molecule has 0 fully saturated rings. The lowest BCUT2D eigenvalue weighted by molar-refractivity contribution is -0.167. The third-order valence-corrected chi connectivity index (χ3v) is 11.0. The van der Waals surface area contributed by atoms with Gasteiger partial charge in [0.25, 0.3) is 0 Å². The summed E-state index contributed by atoms with van der Waals surface area (Å²) in [7, 11) is 0. The van der Waals surface area contributed by atoms with Gasteiger partial charge < -0.3 is 14.2 Å². The predicted molar refractivity (Wildman–Crippen MR) is 233 cm³/mol. The van der Waals surface area contributed by atoms with Crippen molar-refractivity contribution in [3.63, 3.8) is 0 Å². The molecule has 0 saturated heterocycles. The molecule has 0 rings (SSSR count). The minimum atomic E-state index is -0.760. The van der Waals surface area contributed by atoms with E-state index in [9.17, 15) is 14.4 Å². The third-order valence-electron chi connectivity index (χ3n) is 11.0. The van der Waals surface area contributed by atoms with Gasteiger partial charge in [0.2, 0.25) is 0 Å². The molecule has 0 unspecified atom stereocenters. The van der Waals surface area contributed by atoms with E-state index in [0.717, 1.165) is 69.6 Å². The maximum atomic E-state index is 12.7. The van der Waals surface area contributed by atoms with E-state index in [0.29, 0.717) is 19.3 Å². The lowest BCUT2D eigenvalue weighted by Gasteiger charge is -2.18. The Labute approximate surface area is 342 Å². The summed E-state index contributed by atoms with van der Waals surface area (Å²) in [6.07, 6.45) is 40.9. The van der Waals surface area contributed by atoms with Crippen LogP contribution in [0.25, 0.3) is 0 Å². The van der Waals surface area contributed by atoms with Gasteiger partial charge in [0.1, 0.15) is 13.2 Å². The summed E-state index contributed by atoms with van der Waals surface area (Å²) < 4.78 is 16.7. The smallest absolute Gasteiger partial charge is 0.306 e. The average molecular weight is 779 g/mol. The van der Waals surface area contributed by atoms with Crippen molar-refractivity contribution in [2.45, 2.75) is 272 Å². The van der Waals surface area contributed by atoms with E-state index in [1.165, 1.54) is 154 Å². The normalized spacial score (nSPS) is 12.1. The largest absolute Gasteiger partial charge is 0.462 e. The molecule has 0 aliphatic heterocycles. The average Bonchev–Trinajstić information content (AvgIpc) is 3.15. The number of rotatable bonds is 43. The van der Waals surface area contributed by atoms with Crippen molar-refractivity contribution in [3.05, 3.63) is 0 Å². The van der Waals surface area contributed by atoms with Crippen molar-refractivity contribution in [1.82, 2.24) is 0 Å². The highest BCUT2D eigenvalue weighted by molar-refractivity contribution is 5.71. The Morgan fingerprint density at radius 2 is 0.600 bits per heavy atom. The first-order chi connectivity index (χ1) is 26.7. The van der Waals surface area contributed by atoms with E-state index < -0.39 is 6.10 Å². The highest BCUT2D eigenvalue weighted by atomic mass is 16.6. The third kappa shape index (κ3) is 43.4. The maximum Gasteiger partial charge on any atom is 0.306 e. The van der Waals surface area contributed by atoms with E-state index >= 15 is 0 Å². The molecule has 6 heteroatoms. The van der Waals surface area contributed by atoms with Crippen LogP contribution in [0.1, 0.15) is 266 Å². The predicted octanol–water partition coefficient (Wildman–Crippen LogP) is 15.4. The zero-order valence-electron chi connectivity index (χ0n) is 37.6. The minimum absolute atomic E-state index is 0.0644. The standard InChI is InChI=1S/C49H94O6/c1-6-7-8-9-10-17-24-29-34-39-47(50)53-42-46(55-49(52)41-36-31-26-21-16-15-19-23-28-33-38-45(4)5)43-54-48(51)40-35-30-25-20-14-12-11-13-18-22-27-32-37-44(2)3/h44-46H,6-43H2,1-5H3/t46-/m1/s1. The van der Waals surface area contributed by atoms with Gasteiger partial charge in [-0.25, -0.2) is 0 Å². The van der Waals surface area contributed by atoms with E-state index in [4.69, 9.17) is 14.2 Å². The Kier molecular flexibility index (Phi) is 40.8. The fraction of sp³-hybridized carbons (Fsp3) is 0.939. The Morgan fingerprint density at radius 3 is 0.891 bits per heavy atom. The number of ether oxygens (including phenoxy) is 3. The van der Waals surface area contributed by atoms with Crippen LogP contribution in [0.2, 0.25) is 0 Å². The van der Waals surface area contributed by atoms with Gasteiger partial charge in [-0.3, -0.25) is 14.4 Å². The quantitative estimate of drug-likeness (QED) is 0.0348. The molecular weight excluding hydrogens is 685 g/mol. The van der Waals surface area contributed by atoms with Crippen molar-refractivity contribution >= 4 is 17.9 Å². The second-order valence-electron chi connectivity index (χ2n) is 17.7. The van der Waals surface area contributed by atoms with Crippen LogP contribution in [0, 0.1) is 11.8 Å². The fourth-order valence-electron chi connectivity index (χ4n) is 7.28. The summed E-state index contributed by atoms with van der Waals surface area (Å²) in [6, 6.07) is 0. The summed E-state index contributed by atoms with van der Waals surface area (Å²) in [6.45, 7) is 11.3. The van der Waals surface area contributed by atoms with Crippen LogP contribution in [-0.2, 0) is 28.6 Å². The van der Waals surface area contributed by atoms with Crippen molar-refractivity contribution in [2.75, 3.05) is 13.2 Å². The SMILES string of the molecule is CCCCCCCCCCCC(=O)OC[C@H](COC(=O)CCCCCCCCCCCCCCC(C)C)OC(=O)CCCCCCCCCCCCC(C)C. The summed E-state index contributed by atoms with van der Waals surface area (Å²) in [5, 5.41) is 0. The molecule has 0 aliphatic carbocycles. The highest BCUT2D eigenvalue weighted by Crippen LogP contribution is 2.17. The Morgan fingerprint density at radius 1 is 0.345 bits per heavy atom. The van der Waals surface area contributed by atoms with Crippen LogP contribution in [0.3, 0.4) is 0 Å². The molecule has 1 atom stereocenters. The van der Waals surface area contributed by atoms with Gasteiger partial charge in [0.15, 0.2) is 6.10 Å². The Hall–Kier alpha value is -1.59. The lowest BCUT2D eigenvalue weighted by atomic mass is 10.0. The zero-order valence-corrected chi connectivity index (χ0v) is 37.6. The Bertz CT molecular complexity index is 839. The molecule has 0 amide bonds. The van der Waals surface area contributed by atoms with Gasteiger partial charge in [-0.1, -0.05) is 227 Å². The van der Waals surface area contributed by atoms with Gasteiger partial charge in [0, 0.05) is 19.3 Å². The lowest BCUT2D eigenvalue weighted by Crippen LogP contribution is -2.30. The number of carbonyl (C=O) groups is 3. The number of unbranched alkanes of at least 4 members (excludes halogenated alkanes) is 28. The molecule has 0 spiro atoms. The molecule has 0 bridgehead atoms. The fourth-order valence-corrected chi connectivity index (χ4v) is 7.28. The van der Waals surface area contributed by atoms with Crippen molar-refractivity contribution in [2.24, 2.45) is 11.8 Å². The molecular formula is C49H94O6. The van der Waals surface area contributed by atoms with E-state index in [-0.39, 0.29) is 31.1 Å². The number of hydrogen-bond acceptors (Lipinski definition) is 6. The van der Waals surface area contributed by atoms with Crippen LogP contribution in [0.4, 0.5) is 0 Å². The van der Waals surface area contributed by atoms with Gasteiger partial charge >= 0.3 is 17.9 Å². The Balaban J connectivity index is 4.29. The van der Waals surface area contributed by atoms with E-state index in [1.54, 1.807) is 0 Å². The first kappa shape index (κ1) is 53.4. The highest BCUT2D eigenvalue weighted by Gasteiger charge is 2.19. The molecule has 0 heterocycles. The zero-order chi connectivity index (χ0) is 40.5. The van der Waals surface area contributed by atoms with Gasteiger partial charge in [-0.2, -0.15) is 0 Å². The molecule has 0 saturated carbocycles. The van der Waals surface area contributed by atoms with Crippen LogP contribution >= 0.6 is 0 Å². The maximum absolute atomic E-state index is 12.7. The summed E-state index contributed by atoms with van der Waals surface area (Å²) >= 11 is 0. The number of esters is 3. The topological polar surface area (TPSA) is 78.9 Å².